The highest BCUT2D eigenvalue weighted by Crippen LogP contribution is 2.38. The summed E-state index contributed by atoms with van der Waals surface area (Å²) in [6.07, 6.45) is -2.05. The number of carbonyl (C=O) groups is 1. The van der Waals surface area contributed by atoms with Gasteiger partial charge in [-0.25, -0.2) is 13.2 Å². The normalized spacial score (nSPS) is 25.0. The summed E-state index contributed by atoms with van der Waals surface area (Å²) in [5.74, 6) is -1.65. The Kier molecular flexibility index (Phi) is 4.07. The molecule has 0 amide bonds. The van der Waals surface area contributed by atoms with Crippen LogP contribution in [0, 0.1) is 0 Å². The van der Waals surface area contributed by atoms with Crippen LogP contribution in [0.2, 0.25) is 0 Å². The van der Waals surface area contributed by atoms with E-state index in [4.69, 9.17) is 4.74 Å². The molecule has 2 rings (SSSR count). The summed E-state index contributed by atoms with van der Waals surface area (Å²) >= 11 is 1.10. The van der Waals surface area contributed by atoms with Gasteiger partial charge >= 0.3 is 5.97 Å². The van der Waals surface area contributed by atoms with Crippen LogP contribution in [0.1, 0.15) is 35.3 Å². The molecule has 0 aliphatic carbocycles. The second kappa shape index (κ2) is 5.26. The third-order valence-electron chi connectivity index (χ3n) is 3.18. The molecule has 1 saturated heterocycles. The van der Waals surface area contributed by atoms with E-state index in [2.05, 4.69) is 0 Å². The highest BCUT2D eigenvalue weighted by Gasteiger charge is 2.39. The number of rotatable bonds is 3. The highest BCUT2D eigenvalue weighted by molar-refractivity contribution is 7.91. The molecular formula is C13H18O6S2. The minimum Gasteiger partial charge on any atom is -0.485 e. The molecule has 2 unspecified atom stereocenters. The molecule has 1 aromatic rings. The third kappa shape index (κ3) is 3.56. The molecule has 118 valence electrons. The van der Waals surface area contributed by atoms with E-state index in [1.54, 1.807) is 6.07 Å². The molecule has 2 N–H and O–H groups in total. The third-order valence-corrected chi connectivity index (χ3v) is 6.40. The lowest BCUT2D eigenvalue weighted by Gasteiger charge is -2.16. The highest BCUT2D eigenvalue weighted by atomic mass is 32.2. The summed E-state index contributed by atoms with van der Waals surface area (Å²) in [4.78, 5) is 12.1. The van der Waals surface area contributed by atoms with E-state index < -0.39 is 28.0 Å². The quantitative estimate of drug-likeness (QED) is 0.863. The Morgan fingerprint density at radius 3 is 2.43 bits per heavy atom. The molecule has 1 fully saturated rings. The molecule has 2 atom stereocenters. The lowest BCUT2D eigenvalue weighted by atomic mass is 9.95. The first-order valence-electron chi connectivity index (χ1n) is 6.42. The number of sulfone groups is 1. The maximum Gasteiger partial charge on any atom is 0.349 e. The van der Waals surface area contributed by atoms with E-state index in [1.807, 2.05) is 20.8 Å². The Morgan fingerprint density at radius 1 is 1.38 bits per heavy atom. The zero-order chi connectivity index (χ0) is 16.0. The van der Waals surface area contributed by atoms with Gasteiger partial charge in [-0.15, -0.1) is 11.3 Å². The number of carboxylic acid groups (broad SMARTS) is 1. The number of hydrogen-bond donors (Lipinski definition) is 2. The summed E-state index contributed by atoms with van der Waals surface area (Å²) in [6.45, 7) is 5.84. The van der Waals surface area contributed by atoms with E-state index in [0.717, 1.165) is 16.2 Å². The van der Waals surface area contributed by atoms with Crippen LogP contribution in [-0.2, 0) is 15.3 Å². The first kappa shape index (κ1) is 16.3. The Balaban J connectivity index is 2.31. The molecule has 8 heteroatoms. The van der Waals surface area contributed by atoms with Crippen molar-refractivity contribution in [3.8, 4) is 5.75 Å². The van der Waals surface area contributed by atoms with Crippen LogP contribution in [0.4, 0.5) is 0 Å². The smallest absolute Gasteiger partial charge is 0.349 e. The van der Waals surface area contributed by atoms with Gasteiger partial charge in [0.15, 0.2) is 14.7 Å². The van der Waals surface area contributed by atoms with Gasteiger partial charge in [0, 0.05) is 4.88 Å². The molecule has 1 aliphatic rings. The molecule has 2 heterocycles. The number of thiophene rings is 1. The number of hydrogen-bond acceptors (Lipinski definition) is 6. The second-order valence-electron chi connectivity index (χ2n) is 6.16. The summed E-state index contributed by atoms with van der Waals surface area (Å²) in [6, 6.07) is 1.62. The SMILES string of the molecule is CC(C)(C)c1cc(OC2CS(=O)(=O)CC2O)c(C(=O)O)s1. The van der Waals surface area contributed by atoms with Crippen molar-refractivity contribution in [2.75, 3.05) is 11.5 Å². The fourth-order valence-corrected chi connectivity index (χ4v) is 4.70. The predicted octanol–water partition coefficient (Wildman–Crippen LogP) is 1.28. The molecule has 0 bridgehead atoms. The van der Waals surface area contributed by atoms with Crippen LogP contribution in [0.15, 0.2) is 6.07 Å². The van der Waals surface area contributed by atoms with Gasteiger partial charge < -0.3 is 14.9 Å². The Labute approximate surface area is 127 Å². The van der Waals surface area contributed by atoms with Gasteiger partial charge in [0.25, 0.3) is 0 Å². The van der Waals surface area contributed by atoms with Gasteiger partial charge in [0.05, 0.1) is 11.5 Å². The van der Waals surface area contributed by atoms with Gasteiger partial charge in [-0.05, 0) is 11.5 Å². The molecule has 1 aliphatic heterocycles. The summed E-state index contributed by atoms with van der Waals surface area (Å²) in [7, 11) is -3.34. The van der Waals surface area contributed by atoms with Gasteiger partial charge in [-0.3, -0.25) is 0 Å². The number of aliphatic hydroxyl groups excluding tert-OH is 1. The summed E-state index contributed by atoms with van der Waals surface area (Å²) in [5.41, 5.74) is -0.239. The van der Waals surface area contributed by atoms with Crippen molar-refractivity contribution in [1.29, 1.82) is 0 Å². The maximum absolute atomic E-state index is 11.5. The van der Waals surface area contributed by atoms with E-state index in [0.29, 0.717) is 0 Å². The van der Waals surface area contributed by atoms with Crippen molar-refractivity contribution in [2.24, 2.45) is 0 Å². The molecule has 6 nitrogen and oxygen atoms in total. The van der Waals surface area contributed by atoms with Crippen LogP contribution in [-0.4, -0.2) is 48.3 Å². The van der Waals surface area contributed by atoms with Crippen molar-refractivity contribution < 1.29 is 28.2 Å². The molecular weight excluding hydrogens is 316 g/mol. The topological polar surface area (TPSA) is 101 Å². The zero-order valence-corrected chi connectivity index (χ0v) is 13.6. The van der Waals surface area contributed by atoms with E-state index in [9.17, 15) is 23.4 Å². The first-order valence-corrected chi connectivity index (χ1v) is 9.06. The van der Waals surface area contributed by atoms with Crippen molar-refractivity contribution in [3.05, 3.63) is 15.8 Å². The van der Waals surface area contributed by atoms with Crippen molar-refractivity contribution in [3.63, 3.8) is 0 Å². The van der Waals surface area contributed by atoms with Gasteiger partial charge in [-0.2, -0.15) is 0 Å². The Morgan fingerprint density at radius 2 is 2.00 bits per heavy atom. The van der Waals surface area contributed by atoms with Crippen LogP contribution < -0.4 is 4.74 Å². The van der Waals surface area contributed by atoms with Crippen LogP contribution in [0.3, 0.4) is 0 Å². The second-order valence-corrected chi connectivity index (χ2v) is 9.37. The minimum atomic E-state index is -3.34. The zero-order valence-electron chi connectivity index (χ0n) is 12.0. The average molecular weight is 334 g/mol. The Hall–Kier alpha value is -1.12. The largest absolute Gasteiger partial charge is 0.485 e. The molecule has 0 saturated carbocycles. The number of ether oxygens (including phenoxy) is 1. The standard InChI is InChI=1S/C13H18O6S2/c1-13(2,3)10-4-8(11(20-10)12(15)16)19-9-6-21(17,18)5-7(9)14/h4,7,9,14H,5-6H2,1-3H3,(H,15,16). The van der Waals surface area contributed by atoms with E-state index in [1.165, 1.54) is 0 Å². The first-order chi connectivity index (χ1) is 9.49. The van der Waals surface area contributed by atoms with Gasteiger partial charge in [0.2, 0.25) is 0 Å². The maximum atomic E-state index is 11.5. The van der Waals surface area contributed by atoms with Crippen LogP contribution in [0.5, 0.6) is 5.75 Å². The number of aliphatic hydroxyl groups is 1. The molecule has 0 spiro atoms. The van der Waals surface area contributed by atoms with Crippen LogP contribution >= 0.6 is 11.3 Å². The monoisotopic (exact) mass is 334 g/mol. The lowest BCUT2D eigenvalue weighted by molar-refractivity contribution is 0.0644. The fraction of sp³-hybridized carbons (Fsp3) is 0.615. The van der Waals surface area contributed by atoms with E-state index >= 15 is 0 Å². The summed E-state index contributed by atoms with van der Waals surface area (Å²) in [5, 5.41) is 19.0. The van der Waals surface area contributed by atoms with Gasteiger partial charge in [0.1, 0.15) is 18.0 Å². The Bertz CT molecular complexity index is 653. The fourth-order valence-electron chi connectivity index (χ4n) is 2.05. The molecule has 0 radical (unpaired) electrons. The van der Waals surface area contributed by atoms with Crippen molar-refractivity contribution in [2.45, 2.75) is 38.4 Å². The predicted molar refractivity (Wildman–Crippen MR) is 79.1 cm³/mol. The molecule has 0 aromatic carbocycles. The van der Waals surface area contributed by atoms with Crippen LogP contribution in [0.25, 0.3) is 0 Å². The average Bonchev–Trinajstić information content (AvgIpc) is 2.80. The summed E-state index contributed by atoms with van der Waals surface area (Å²) < 4.78 is 28.4. The van der Waals surface area contributed by atoms with Gasteiger partial charge in [-0.1, -0.05) is 20.8 Å². The number of carboxylic acids is 1. The lowest BCUT2D eigenvalue weighted by Crippen LogP contribution is -2.30. The van der Waals surface area contributed by atoms with Crippen molar-refractivity contribution in [1.82, 2.24) is 0 Å². The van der Waals surface area contributed by atoms with Crippen molar-refractivity contribution >= 4 is 27.1 Å². The van der Waals surface area contributed by atoms with E-state index in [-0.39, 0.29) is 27.5 Å². The molecule has 1 aromatic heterocycles. The minimum absolute atomic E-state index is 0.0245. The molecule has 21 heavy (non-hydrogen) atoms. The number of aromatic carboxylic acids is 1.